The Kier molecular flexibility index (Phi) is 9.44. The summed E-state index contributed by atoms with van der Waals surface area (Å²) in [5.41, 5.74) is 0. The third kappa shape index (κ3) is 5.74. The fraction of sp³-hybridized carbons (Fsp3) is 0.900. The Labute approximate surface area is 210 Å². The molecule has 2 amide bonds. The minimum Gasteiger partial charge on any atom is -0.394 e. The van der Waals surface area contributed by atoms with Gasteiger partial charge in [0, 0.05) is 20.5 Å². The van der Waals surface area contributed by atoms with Gasteiger partial charge in [-0.05, 0) is 0 Å². The van der Waals surface area contributed by atoms with Crippen LogP contribution in [0.25, 0.3) is 0 Å². The van der Waals surface area contributed by atoms with Gasteiger partial charge >= 0.3 is 0 Å². The Hall–Kier alpha value is -1.58. The van der Waals surface area contributed by atoms with E-state index >= 15 is 0 Å². The third-order valence-electron chi connectivity index (χ3n) is 6.57. The normalized spacial score (nSPS) is 44.5. The van der Waals surface area contributed by atoms with Gasteiger partial charge in [0.25, 0.3) is 17.7 Å². The molecule has 0 aliphatic carbocycles. The van der Waals surface area contributed by atoms with Gasteiger partial charge in [-0.3, -0.25) is 14.3 Å². The van der Waals surface area contributed by atoms with Crippen molar-refractivity contribution in [3.8, 4) is 0 Å². The van der Waals surface area contributed by atoms with Gasteiger partial charge in [0.15, 0.2) is 6.29 Å². The van der Waals surface area contributed by atoms with Crippen molar-refractivity contribution in [1.29, 1.82) is 0 Å². The molecule has 3 rings (SSSR count). The number of carbonyl (C=O) groups is 2. The van der Waals surface area contributed by atoms with E-state index in [-0.39, 0.29) is 0 Å². The lowest BCUT2D eigenvalue weighted by Crippen LogP contribution is -2.71. The second kappa shape index (κ2) is 11.7. The molecule has 10 N–H and O–H groups in total. The molecular weight excluding hydrogens is 508 g/mol. The molecule has 0 saturated carbocycles. The molecule has 12 atom stereocenters. The first-order valence-corrected chi connectivity index (χ1v) is 11.4. The summed E-state index contributed by atoms with van der Waals surface area (Å²) in [6, 6.07) is -1.41. The lowest BCUT2D eigenvalue weighted by Gasteiger charge is -2.51. The standard InChI is InChI=1S/C20H34N2O15/c1-7(25)22-12-8(26)3-19(36-16(12)13(28)9(27)4-23)18(31)21-6-34-20(32,37-19)11-14(29)10(5-24)35-17(33-2)15(11)30/h8-17,23-24,26-30,32H,3-6H2,1-2H3,(H,21,31)(H,22,25)/t8-,9+,10+,11-,12+,13+,14-,15+,16+,17?,19-,20?/m0/s1. The van der Waals surface area contributed by atoms with Gasteiger partial charge in [-0.2, -0.15) is 0 Å². The average molecular weight is 542 g/mol. The zero-order chi connectivity index (χ0) is 27.7. The third-order valence-corrected chi connectivity index (χ3v) is 6.57. The predicted octanol–water partition coefficient (Wildman–Crippen LogP) is -6.48. The lowest BCUT2D eigenvalue weighted by molar-refractivity contribution is -0.475. The fourth-order valence-electron chi connectivity index (χ4n) is 4.73. The fourth-order valence-corrected chi connectivity index (χ4v) is 4.73. The summed E-state index contributed by atoms with van der Waals surface area (Å²) >= 11 is 0. The van der Waals surface area contributed by atoms with Crippen LogP contribution >= 0.6 is 0 Å². The van der Waals surface area contributed by atoms with Crippen molar-refractivity contribution in [2.45, 2.75) is 80.2 Å². The summed E-state index contributed by atoms with van der Waals surface area (Å²) in [7, 11) is 1.14. The van der Waals surface area contributed by atoms with Crippen molar-refractivity contribution in [3.63, 3.8) is 0 Å². The first-order chi connectivity index (χ1) is 17.3. The van der Waals surface area contributed by atoms with Crippen LogP contribution in [-0.2, 0) is 33.3 Å². The molecule has 214 valence electrons. The number of hydrogen-bond acceptors (Lipinski definition) is 15. The molecule has 17 heteroatoms. The van der Waals surface area contributed by atoms with Crippen LogP contribution in [0.4, 0.5) is 0 Å². The maximum Gasteiger partial charge on any atom is 0.293 e. The molecule has 0 aromatic heterocycles. The van der Waals surface area contributed by atoms with Crippen molar-refractivity contribution >= 4 is 11.8 Å². The number of amides is 2. The van der Waals surface area contributed by atoms with E-state index < -0.39 is 111 Å². The van der Waals surface area contributed by atoms with Crippen LogP contribution in [-0.4, -0.2) is 147 Å². The Morgan fingerprint density at radius 3 is 2.49 bits per heavy atom. The van der Waals surface area contributed by atoms with E-state index in [9.17, 15) is 50.4 Å². The molecule has 0 aromatic rings. The molecule has 0 bridgehead atoms. The molecule has 3 heterocycles. The molecule has 3 aliphatic heterocycles. The van der Waals surface area contributed by atoms with Crippen LogP contribution in [0.2, 0.25) is 0 Å². The zero-order valence-electron chi connectivity index (χ0n) is 20.0. The number of aliphatic hydroxyl groups excluding tert-OH is 7. The Morgan fingerprint density at radius 1 is 1.24 bits per heavy atom. The van der Waals surface area contributed by atoms with E-state index in [4.69, 9.17) is 23.7 Å². The number of ether oxygens (including phenoxy) is 5. The number of rotatable bonds is 7. The smallest absolute Gasteiger partial charge is 0.293 e. The highest BCUT2D eigenvalue weighted by Crippen LogP contribution is 2.43. The van der Waals surface area contributed by atoms with Crippen LogP contribution < -0.4 is 10.6 Å². The molecule has 17 nitrogen and oxygen atoms in total. The molecule has 3 aliphatic rings. The van der Waals surface area contributed by atoms with E-state index in [1.54, 1.807) is 0 Å². The predicted molar refractivity (Wildman–Crippen MR) is 113 cm³/mol. The van der Waals surface area contributed by atoms with Crippen molar-refractivity contribution in [2.24, 2.45) is 5.92 Å². The molecular formula is C20H34N2O15. The zero-order valence-corrected chi connectivity index (χ0v) is 20.0. The number of methoxy groups -OCH3 is 1. The Balaban J connectivity index is 2.03. The van der Waals surface area contributed by atoms with Gasteiger partial charge in [0.05, 0.1) is 31.5 Å². The van der Waals surface area contributed by atoms with Crippen molar-refractivity contribution in [3.05, 3.63) is 0 Å². The Bertz CT molecular complexity index is 805. The molecule has 0 aromatic carbocycles. The number of hydrogen-bond donors (Lipinski definition) is 10. The van der Waals surface area contributed by atoms with E-state index in [0.29, 0.717) is 0 Å². The number of aliphatic hydroxyl groups is 8. The van der Waals surface area contributed by atoms with Crippen LogP contribution in [0.1, 0.15) is 13.3 Å². The van der Waals surface area contributed by atoms with Crippen molar-refractivity contribution in [2.75, 3.05) is 27.1 Å². The Morgan fingerprint density at radius 2 is 1.92 bits per heavy atom. The van der Waals surface area contributed by atoms with Gasteiger partial charge in [-0.1, -0.05) is 0 Å². The number of nitrogens with one attached hydrogen (secondary N) is 2. The van der Waals surface area contributed by atoms with E-state index in [2.05, 4.69) is 10.6 Å². The van der Waals surface area contributed by atoms with Gasteiger partial charge < -0.3 is 70.4 Å². The molecule has 3 fully saturated rings. The summed E-state index contributed by atoms with van der Waals surface area (Å²) in [6.45, 7) is -1.39. The maximum absolute atomic E-state index is 13.1. The van der Waals surface area contributed by atoms with E-state index in [1.165, 1.54) is 0 Å². The van der Waals surface area contributed by atoms with Gasteiger partial charge in [-0.15, -0.1) is 0 Å². The highest BCUT2D eigenvalue weighted by molar-refractivity contribution is 5.84. The largest absolute Gasteiger partial charge is 0.394 e. The molecule has 37 heavy (non-hydrogen) atoms. The highest BCUT2D eigenvalue weighted by Gasteiger charge is 2.64. The minimum absolute atomic E-state index is 0.667. The van der Waals surface area contributed by atoms with Gasteiger partial charge in [0.1, 0.15) is 43.2 Å². The van der Waals surface area contributed by atoms with Crippen molar-refractivity contribution in [1.82, 2.24) is 10.6 Å². The molecule has 1 spiro atoms. The van der Waals surface area contributed by atoms with Crippen molar-refractivity contribution < 1.29 is 74.1 Å². The SMILES string of the molecule is COC1O[C@H](CO)[C@H](O)[C@H](C2(O)OCNC(=O)[C@]3(C[C@H](O)[C@@H](NC(C)=O)[C@H]([C@H](O)[C@H](O)CO)O3)O2)[C@H]1O. The van der Waals surface area contributed by atoms with E-state index in [1.807, 2.05) is 0 Å². The van der Waals surface area contributed by atoms with Crippen LogP contribution in [0, 0.1) is 5.92 Å². The van der Waals surface area contributed by atoms with Gasteiger partial charge in [-0.25, -0.2) is 0 Å². The average Bonchev–Trinajstić information content (AvgIpc) is 2.95. The van der Waals surface area contributed by atoms with Gasteiger partial charge in [0.2, 0.25) is 5.91 Å². The second-order valence-corrected chi connectivity index (χ2v) is 9.07. The first-order valence-electron chi connectivity index (χ1n) is 11.4. The minimum atomic E-state index is -3.06. The highest BCUT2D eigenvalue weighted by atomic mass is 16.9. The molecule has 3 saturated heterocycles. The quantitative estimate of drug-likeness (QED) is 0.143. The topological polar surface area (TPSA) is 266 Å². The maximum atomic E-state index is 13.1. The summed E-state index contributed by atoms with van der Waals surface area (Å²) in [6.07, 6.45) is -14.7. The summed E-state index contributed by atoms with van der Waals surface area (Å²) in [5.74, 6) is -9.39. The summed E-state index contributed by atoms with van der Waals surface area (Å²) in [4.78, 5) is 24.8. The monoisotopic (exact) mass is 542 g/mol. The lowest BCUT2D eigenvalue weighted by atomic mass is 9.85. The van der Waals surface area contributed by atoms with Crippen LogP contribution in [0.15, 0.2) is 0 Å². The van der Waals surface area contributed by atoms with Crippen LogP contribution in [0.3, 0.4) is 0 Å². The van der Waals surface area contributed by atoms with Crippen LogP contribution in [0.5, 0.6) is 0 Å². The first kappa shape index (κ1) is 30.0. The second-order valence-electron chi connectivity index (χ2n) is 9.07. The molecule has 0 radical (unpaired) electrons. The number of carbonyl (C=O) groups excluding carboxylic acids is 2. The summed E-state index contributed by atoms with van der Waals surface area (Å²) in [5, 5.41) is 87.8. The summed E-state index contributed by atoms with van der Waals surface area (Å²) < 4.78 is 26.8. The van der Waals surface area contributed by atoms with E-state index in [0.717, 1.165) is 14.0 Å². The molecule has 2 unspecified atom stereocenters.